The van der Waals surface area contributed by atoms with Crippen molar-refractivity contribution in [1.82, 2.24) is 20.3 Å². The van der Waals surface area contributed by atoms with Crippen LogP contribution in [0.25, 0.3) is 5.69 Å². The molecule has 1 atom stereocenters. The second-order valence-electron chi connectivity index (χ2n) is 3.68. The van der Waals surface area contributed by atoms with Crippen LogP contribution in [0.5, 0.6) is 0 Å². The summed E-state index contributed by atoms with van der Waals surface area (Å²) in [6.07, 6.45) is 1.87. The van der Waals surface area contributed by atoms with Crippen molar-refractivity contribution in [2.45, 2.75) is 13.0 Å². The highest BCUT2D eigenvalue weighted by Gasteiger charge is 2.09. The molecule has 1 aromatic heterocycles. The topological polar surface area (TPSA) is 66.5 Å². The van der Waals surface area contributed by atoms with E-state index in [9.17, 15) is 0 Å². The standard InChI is InChI=1S/C12H13N5/c1-10(14-8-7-13)12-9-17(16-15-12)11-5-3-2-4-6-11/h2-6,9-10,14H,8H2,1H3/t10-/m1/s1. The molecular weight excluding hydrogens is 214 g/mol. The van der Waals surface area contributed by atoms with E-state index in [1.165, 1.54) is 0 Å². The quantitative estimate of drug-likeness (QED) is 0.803. The second kappa shape index (κ2) is 5.23. The SMILES string of the molecule is C[C@@H](NCC#N)c1cn(-c2ccccc2)nn1. The first-order chi connectivity index (χ1) is 8.31. The minimum atomic E-state index is 0.0205. The van der Waals surface area contributed by atoms with Crippen LogP contribution >= 0.6 is 0 Å². The van der Waals surface area contributed by atoms with Crippen LogP contribution in [0.4, 0.5) is 0 Å². The molecule has 0 saturated heterocycles. The lowest BCUT2D eigenvalue weighted by Gasteiger charge is -2.06. The van der Waals surface area contributed by atoms with E-state index >= 15 is 0 Å². The maximum Gasteiger partial charge on any atom is 0.0998 e. The van der Waals surface area contributed by atoms with Crippen molar-refractivity contribution in [3.8, 4) is 11.8 Å². The van der Waals surface area contributed by atoms with Gasteiger partial charge in [-0.1, -0.05) is 23.4 Å². The average molecular weight is 227 g/mol. The molecule has 5 nitrogen and oxygen atoms in total. The molecule has 5 heteroatoms. The van der Waals surface area contributed by atoms with E-state index < -0.39 is 0 Å². The van der Waals surface area contributed by atoms with Crippen LogP contribution in [0.2, 0.25) is 0 Å². The van der Waals surface area contributed by atoms with Gasteiger partial charge in [0.05, 0.1) is 36.2 Å². The molecule has 0 saturated carbocycles. The van der Waals surface area contributed by atoms with Crippen LogP contribution in [0.15, 0.2) is 36.5 Å². The molecule has 0 unspecified atom stereocenters. The molecule has 0 aliphatic heterocycles. The summed E-state index contributed by atoms with van der Waals surface area (Å²) in [7, 11) is 0. The van der Waals surface area contributed by atoms with E-state index in [0.29, 0.717) is 6.54 Å². The summed E-state index contributed by atoms with van der Waals surface area (Å²) in [5.74, 6) is 0. The number of hydrogen-bond acceptors (Lipinski definition) is 4. The third-order valence-electron chi connectivity index (χ3n) is 2.46. The monoisotopic (exact) mass is 227 g/mol. The van der Waals surface area contributed by atoms with E-state index in [1.807, 2.05) is 49.5 Å². The van der Waals surface area contributed by atoms with E-state index in [0.717, 1.165) is 11.4 Å². The van der Waals surface area contributed by atoms with Gasteiger partial charge in [0, 0.05) is 0 Å². The fraction of sp³-hybridized carbons (Fsp3) is 0.250. The Labute approximate surface area is 99.7 Å². The van der Waals surface area contributed by atoms with Gasteiger partial charge in [-0.25, -0.2) is 4.68 Å². The average Bonchev–Trinajstić information content (AvgIpc) is 2.86. The van der Waals surface area contributed by atoms with E-state index in [1.54, 1.807) is 4.68 Å². The van der Waals surface area contributed by atoms with Gasteiger partial charge in [0.1, 0.15) is 0 Å². The molecule has 2 aromatic rings. The van der Waals surface area contributed by atoms with Gasteiger partial charge in [-0.3, -0.25) is 5.32 Å². The maximum atomic E-state index is 8.49. The van der Waals surface area contributed by atoms with Gasteiger partial charge in [-0.05, 0) is 19.1 Å². The molecule has 0 amide bonds. The highest BCUT2D eigenvalue weighted by Crippen LogP contribution is 2.11. The van der Waals surface area contributed by atoms with E-state index in [-0.39, 0.29) is 6.04 Å². The van der Waals surface area contributed by atoms with Crippen LogP contribution in [-0.4, -0.2) is 21.5 Å². The Kier molecular flexibility index (Phi) is 3.48. The number of nitrogens with one attached hydrogen (secondary N) is 1. The first-order valence-corrected chi connectivity index (χ1v) is 5.39. The molecule has 1 N–H and O–H groups in total. The Balaban J connectivity index is 2.14. The van der Waals surface area contributed by atoms with Crippen LogP contribution in [0, 0.1) is 11.3 Å². The van der Waals surface area contributed by atoms with Crippen LogP contribution in [-0.2, 0) is 0 Å². The van der Waals surface area contributed by atoms with E-state index in [2.05, 4.69) is 15.6 Å². The predicted octanol–water partition coefficient (Wildman–Crippen LogP) is 1.44. The van der Waals surface area contributed by atoms with Crippen molar-refractivity contribution < 1.29 is 0 Å². The Hall–Kier alpha value is -2.19. The summed E-state index contributed by atoms with van der Waals surface area (Å²) in [6, 6.07) is 11.9. The zero-order valence-electron chi connectivity index (χ0n) is 9.54. The summed E-state index contributed by atoms with van der Waals surface area (Å²) < 4.78 is 1.72. The van der Waals surface area contributed by atoms with Crippen molar-refractivity contribution >= 4 is 0 Å². The van der Waals surface area contributed by atoms with Crippen LogP contribution < -0.4 is 5.32 Å². The minimum Gasteiger partial charge on any atom is -0.296 e. The summed E-state index contributed by atoms with van der Waals surface area (Å²) in [5.41, 5.74) is 1.79. The van der Waals surface area contributed by atoms with Gasteiger partial charge in [0.25, 0.3) is 0 Å². The maximum absolute atomic E-state index is 8.49. The van der Waals surface area contributed by atoms with Gasteiger partial charge in [-0.15, -0.1) is 5.10 Å². The number of nitrogens with zero attached hydrogens (tertiary/aromatic N) is 4. The number of para-hydroxylation sites is 1. The second-order valence-corrected chi connectivity index (χ2v) is 3.68. The van der Waals surface area contributed by atoms with Crippen molar-refractivity contribution in [3.63, 3.8) is 0 Å². The van der Waals surface area contributed by atoms with Crippen molar-refractivity contribution in [3.05, 3.63) is 42.2 Å². The van der Waals surface area contributed by atoms with Gasteiger partial charge in [-0.2, -0.15) is 5.26 Å². The molecule has 0 fully saturated rings. The Morgan fingerprint density at radius 1 is 1.41 bits per heavy atom. The molecule has 1 aromatic carbocycles. The normalized spacial score (nSPS) is 12.0. The van der Waals surface area contributed by atoms with Crippen LogP contribution in [0.1, 0.15) is 18.7 Å². The number of aromatic nitrogens is 3. The third-order valence-corrected chi connectivity index (χ3v) is 2.46. The van der Waals surface area contributed by atoms with Crippen molar-refractivity contribution in [1.29, 1.82) is 5.26 Å². The first kappa shape index (κ1) is 11.3. The summed E-state index contributed by atoms with van der Waals surface area (Å²) in [4.78, 5) is 0. The zero-order chi connectivity index (χ0) is 12.1. The minimum absolute atomic E-state index is 0.0205. The molecule has 0 bridgehead atoms. The lowest BCUT2D eigenvalue weighted by atomic mass is 10.2. The molecule has 86 valence electrons. The van der Waals surface area contributed by atoms with Gasteiger partial charge >= 0.3 is 0 Å². The fourth-order valence-electron chi connectivity index (χ4n) is 1.49. The molecule has 17 heavy (non-hydrogen) atoms. The van der Waals surface area contributed by atoms with Gasteiger partial charge in [0.2, 0.25) is 0 Å². The van der Waals surface area contributed by atoms with Crippen molar-refractivity contribution in [2.24, 2.45) is 0 Å². The number of hydrogen-bond donors (Lipinski definition) is 1. The molecule has 0 aliphatic rings. The lowest BCUT2D eigenvalue weighted by molar-refractivity contribution is 0.602. The molecule has 0 radical (unpaired) electrons. The molecular formula is C12H13N5. The number of rotatable bonds is 4. The zero-order valence-corrected chi connectivity index (χ0v) is 9.54. The highest BCUT2D eigenvalue weighted by atomic mass is 15.4. The number of benzene rings is 1. The largest absolute Gasteiger partial charge is 0.296 e. The van der Waals surface area contributed by atoms with Gasteiger partial charge in [0.15, 0.2) is 0 Å². The smallest absolute Gasteiger partial charge is 0.0998 e. The van der Waals surface area contributed by atoms with E-state index in [4.69, 9.17) is 5.26 Å². The van der Waals surface area contributed by atoms with Crippen LogP contribution in [0.3, 0.4) is 0 Å². The Morgan fingerprint density at radius 3 is 2.88 bits per heavy atom. The Bertz CT molecular complexity index is 511. The summed E-state index contributed by atoms with van der Waals surface area (Å²) in [5, 5.41) is 19.7. The number of nitriles is 1. The first-order valence-electron chi connectivity index (χ1n) is 5.39. The lowest BCUT2D eigenvalue weighted by Crippen LogP contribution is -2.18. The van der Waals surface area contributed by atoms with Gasteiger partial charge < -0.3 is 0 Å². The summed E-state index contributed by atoms with van der Waals surface area (Å²) >= 11 is 0. The Morgan fingerprint density at radius 2 is 2.18 bits per heavy atom. The highest BCUT2D eigenvalue weighted by molar-refractivity contribution is 5.30. The third kappa shape index (κ3) is 2.68. The predicted molar refractivity (Wildman–Crippen MR) is 63.4 cm³/mol. The molecule has 0 aliphatic carbocycles. The fourth-order valence-corrected chi connectivity index (χ4v) is 1.49. The summed E-state index contributed by atoms with van der Waals surface area (Å²) in [6.45, 7) is 2.26. The molecule has 0 spiro atoms. The van der Waals surface area contributed by atoms with Crippen molar-refractivity contribution in [2.75, 3.05) is 6.54 Å². The molecule has 2 rings (SSSR count). The molecule has 1 heterocycles.